The van der Waals surface area contributed by atoms with Gasteiger partial charge in [0, 0.05) is 28.5 Å². The van der Waals surface area contributed by atoms with Gasteiger partial charge in [-0.15, -0.1) is 0 Å². The number of carbonyl (C=O) groups excluding carboxylic acids is 1. The Kier molecular flexibility index (Phi) is 5.58. The Bertz CT molecular complexity index is 1410. The highest BCUT2D eigenvalue weighted by Gasteiger charge is 2.40. The summed E-state index contributed by atoms with van der Waals surface area (Å²) < 4.78 is 36.3. The molecule has 35 heavy (non-hydrogen) atoms. The van der Waals surface area contributed by atoms with Crippen LogP contribution in [-0.2, 0) is 11.3 Å². The zero-order valence-electron chi connectivity index (χ0n) is 20.1. The van der Waals surface area contributed by atoms with Gasteiger partial charge in [-0.3, -0.25) is 4.79 Å². The fourth-order valence-electron chi connectivity index (χ4n) is 4.61. The van der Waals surface area contributed by atoms with E-state index in [1.165, 1.54) is 18.2 Å². The summed E-state index contributed by atoms with van der Waals surface area (Å²) >= 11 is 0. The lowest BCUT2D eigenvalue weighted by atomic mass is 9.87. The van der Waals surface area contributed by atoms with Gasteiger partial charge in [0.25, 0.3) is 0 Å². The van der Waals surface area contributed by atoms with E-state index in [1.54, 1.807) is 34.0 Å². The van der Waals surface area contributed by atoms with E-state index < -0.39 is 11.5 Å². The highest BCUT2D eigenvalue weighted by molar-refractivity contribution is 5.83. The molecule has 7 heteroatoms. The number of hydrogen-bond donors (Lipinski definition) is 0. The molecule has 2 heterocycles. The number of halogens is 2. The fraction of sp³-hybridized carbons (Fsp3) is 0.286. The summed E-state index contributed by atoms with van der Waals surface area (Å²) in [5.41, 5.74) is 2.22. The van der Waals surface area contributed by atoms with Crippen LogP contribution < -0.4 is 4.74 Å². The van der Waals surface area contributed by atoms with Gasteiger partial charge in [-0.1, -0.05) is 32.9 Å². The molecule has 0 saturated carbocycles. The van der Waals surface area contributed by atoms with Crippen molar-refractivity contribution in [3.05, 3.63) is 89.6 Å². The quantitative estimate of drug-likeness (QED) is 0.354. The largest absolute Gasteiger partial charge is 0.484 e. The normalized spacial score (nSPS) is 17.9. The minimum Gasteiger partial charge on any atom is -0.484 e. The standard InChI is InChI=1S/C28H27F2N3O2/c1-17-26(22-6-5-7-24(30)23(22)16-32(17)27(34)28(2,3)4)35-21-12-13-25-18(14-21)15-31-33(25)20-10-8-19(29)9-11-20/h5-15,17,26H,16H2,1-4H3/t17-,26-/m0/s1. The van der Waals surface area contributed by atoms with Crippen LogP contribution in [0.15, 0.2) is 66.9 Å². The van der Waals surface area contributed by atoms with Gasteiger partial charge in [-0.25, -0.2) is 13.5 Å². The number of nitrogens with zero attached hydrogens (tertiary/aromatic N) is 3. The van der Waals surface area contributed by atoms with Gasteiger partial charge in [0.05, 0.1) is 23.4 Å². The van der Waals surface area contributed by atoms with E-state index >= 15 is 0 Å². The number of rotatable bonds is 3. The fourth-order valence-corrected chi connectivity index (χ4v) is 4.61. The Morgan fingerprint density at radius 3 is 2.51 bits per heavy atom. The van der Waals surface area contributed by atoms with Gasteiger partial charge in [0.2, 0.25) is 5.91 Å². The lowest BCUT2D eigenvalue weighted by Crippen LogP contribution is -2.50. The van der Waals surface area contributed by atoms with E-state index in [1.807, 2.05) is 52.0 Å². The second-order valence-electron chi connectivity index (χ2n) is 10.0. The molecule has 5 nitrogen and oxygen atoms in total. The first-order valence-corrected chi connectivity index (χ1v) is 11.6. The van der Waals surface area contributed by atoms with Crippen molar-refractivity contribution < 1.29 is 18.3 Å². The molecule has 1 aromatic heterocycles. The second kappa shape index (κ2) is 8.48. The minimum absolute atomic E-state index is 0.0523. The summed E-state index contributed by atoms with van der Waals surface area (Å²) in [6.45, 7) is 7.74. The summed E-state index contributed by atoms with van der Waals surface area (Å²) in [7, 11) is 0. The molecule has 0 radical (unpaired) electrons. The molecule has 3 aromatic carbocycles. The first kappa shape index (κ1) is 23.0. The Morgan fingerprint density at radius 1 is 1.06 bits per heavy atom. The van der Waals surface area contributed by atoms with Crippen molar-refractivity contribution >= 4 is 16.8 Å². The van der Waals surface area contributed by atoms with Crippen LogP contribution in [0.2, 0.25) is 0 Å². The van der Waals surface area contributed by atoms with Gasteiger partial charge in [0.15, 0.2) is 0 Å². The maximum Gasteiger partial charge on any atom is 0.228 e. The number of amides is 1. The molecule has 4 aromatic rings. The van der Waals surface area contributed by atoms with E-state index in [9.17, 15) is 13.6 Å². The molecule has 0 unspecified atom stereocenters. The molecule has 0 fully saturated rings. The van der Waals surface area contributed by atoms with Crippen molar-refractivity contribution in [2.24, 2.45) is 5.41 Å². The molecule has 1 aliphatic rings. The second-order valence-corrected chi connectivity index (χ2v) is 10.0. The molecule has 0 bridgehead atoms. The highest BCUT2D eigenvalue weighted by atomic mass is 19.1. The Hall–Kier alpha value is -3.74. The zero-order chi connectivity index (χ0) is 24.9. The average Bonchev–Trinajstić information content (AvgIpc) is 3.24. The highest BCUT2D eigenvalue weighted by Crippen LogP contribution is 2.38. The van der Waals surface area contributed by atoms with Crippen LogP contribution >= 0.6 is 0 Å². The van der Waals surface area contributed by atoms with Crippen LogP contribution in [0.4, 0.5) is 8.78 Å². The zero-order valence-corrected chi connectivity index (χ0v) is 20.1. The van der Waals surface area contributed by atoms with Gasteiger partial charge < -0.3 is 9.64 Å². The summed E-state index contributed by atoms with van der Waals surface area (Å²) in [5.74, 6) is -0.110. The van der Waals surface area contributed by atoms with Crippen LogP contribution in [-0.4, -0.2) is 26.6 Å². The third-order valence-electron chi connectivity index (χ3n) is 6.50. The first-order chi connectivity index (χ1) is 16.6. The van der Waals surface area contributed by atoms with Crippen LogP contribution in [0, 0.1) is 17.0 Å². The molecular formula is C28H27F2N3O2. The Balaban J connectivity index is 1.50. The maximum absolute atomic E-state index is 14.8. The molecule has 1 amide bonds. The SMILES string of the molecule is C[C@H]1[C@H](Oc2ccc3c(cnn3-c3ccc(F)cc3)c2)c2cccc(F)c2CN1C(=O)C(C)(C)C. The molecule has 0 aliphatic carbocycles. The molecule has 0 spiro atoms. The third-order valence-corrected chi connectivity index (χ3v) is 6.50. The molecule has 2 atom stereocenters. The third kappa shape index (κ3) is 4.16. The smallest absolute Gasteiger partial charge is 0.228 e. The molecular weight excluding hydrogens is 448 g/mol. The molecule has 1 aliphatic heterocycles. The lowest BCUT2D eigenvalue weighted by Gasteiger charge is -2.43. The van der Waals surface area contributed by atoms with Crippen LogP contribution in [0.5, 0.6) is 5.75 Å². The van der Waals surface area contributed by atoms with E-state index in [4.69, 9.17) is 4.74 Å². The summed E-state index contributed by atoms with van der Waals surface area (Å²) in [5, 5.41) is 5.29. The Morgan fingerprint density at radius 2 is 1.80 bits per heavy atom. The molecule has 180 valence electrons. The van der Waals surface area contributed by atoms with E-state index in [0.29, 0.717) is 11.3 Å². The minimum atomic E-state index is -0.602. The topological polar surface area (TPSA) is 47.4 Å². The van der Waals surface area contributed by atoms with E-state index in [2.05, 4.69) is 5.10 Å². The lowest BCUT2D eigenvalue weighted by molar-refractivity contribution is -0.145. The molecule has 0 N–H and O–H groups in total. The van der Waals surface area contributed by atoms with Gasteiger partial charge >= 0.3 is 0 Å². The van der Waals surface area contributed by atoms with Crippen molar-refractivity contribution in [3.63, 3.8) is 0 Å². The number of ether oxygens (including phenoxy) is 1. The average molecular weight is 476 g/mol. The summed E-state index contributed by atoms with van der Waals surface area (Å²) in [4.78, 5) is 14.9. The van der Waals surface area contributed by atoms with Crippen molar-refractivity contribution in [1.29, 1.82) is 0 Å². The number of carbonyl (C=O) groups is 1. The number of hydrogen-bond acceptors (Lipinski definition) is 3. The van der Waals surface area contributed by atoms with Crippen LogP contribution in [0.25, 0.3) is 16.6 Å². The van der Waals surface area contributed by atoms with Crippen molar-refractivity contribution in [3.8, 4) is 11.4 Å². The van der Waals surface area contributed by atoms with E-state index in [0.717, 1.165) is 22.2 Å². The predicted molar refractivity (Wildman–Crippen MR) is 130 cm³/mol. The van der Waals surface area contributed by atoms with Crippen molar-refractivity contribution in [2.45, 2.75) is 46.4 Å². The molecule has 0 saturated heterocycles. The first-order valence-electron chi connectivity index (χ1n) is 11.6. The van der Waals surface area contributed by atoms with Gasteiger partial charge in [-0.2, -0.15) is 5.10 Å². The number of aromatic nitrogens is 2. The van der Waals surface area contributed by atoms with Crippen molar-refractivity contribution in [2.75, 3.05) is 0 Å². The Labute approximate surface area is 202 Å². The monoisotopic (exact) mass is 475 g/mol. The number of fused-ring (bicyclic) bond motifs is 2. The number of benzene rings is 3. The maximum atomic E-state index is 14.8. The van der Waals surface area contributed by atoms with Crippen LogP contribution in [0.1, 0.15) is 44.9 Å². The van der Waals surface area contributed by atoms with Gasteiger partial charge in [-0.05, 0) is 55.5 Å². The predicted octanol–water partition coefficient (Wildman–Crippen LogP) is 6.20. The van der Waals surface area contributed by atoms with Crippen molar-refractivity contribution in [1.82, 2.24) is 14.7 Å². The summed E-state index contributed by atoms with van der Waals surface area (Å²) in [6, 6.07) is 16.4. The van der Waals surface area contributed by atoms with E-state index in [-0.39, 0.29) is 30.1 Å². The van der Waals surface area contributed by atoms with Crippen LogP contribution in [0.3, 0.4) is 0 Å². The summed E-state index contributed by atoms with van der Waals surface area (Å²) in [6.07, 6.45) is 1.18. The molecule has 5 rings (SSSR count). The van der Waals surface area contributed by atoms with Gasteiger partial charge in [0.1, 0.15) is 23.5 Å².